The lowest BCUT2D eigenvalue weighted by Gasteiger charge is -2.56. The molecule has 0 spiro atoms. The van der Waals surface area contributed by atoms with E-state index in [0.717, 1.165) is 37.0 Å². The summed E-state index contributed by atoms with van der Waals surface area (Å²) in [7, 11) is 0. The number of primary amides is 1. The minimum Gasteiger partial charge on any atom is -0.451 e. The third-order valence-electron chi connectivity index (χ3n) is 6.05. The van der Waals surface area contributed by atoms with Crippen LogP contribution in [0.15, 0.2) is 0 Å². The average molecular weight is 365 g/mol. The molecule has 4 aliphatic rings. The van der Waals surface area contributed by atoms with Gasteiger partial charge in [0.2, 0.25) is 5.91 Å². The molecule has 4 amide bonds. The van der Waals surface area contributed by atoms with Crippen molar-refractivity contribution in [3.05, 3.63) is 0 Å². The summed E-state index contributed by atoms with van der Waals surface area (Å²) >= 11 is 0. The molecular formula is C18H27N3O5. The van der Waals surface area contributed by atoms with Crippen LogP contribution in [0.5, 0.6) is 0 Å². The van der Waals surface area contributed by atoms with Crippen LogP contribution in [-0.4, -0.2) is 36.5 Å². The summed E-state index contributed by atoms with van der Waals surface area (Å²) in [5.41, 5.74) is 4.94. The number of urea groups is 1. The molecule has 0 radical (unpaired) electrons. The van der Waals surface area contributed by atoms with Crippen LogP contribution >= 0.6 is 0 Å². The SMILES string of the molecule is C[C@@H](OC(=O)CNC(=O)CC12CC3CC(CC(C3)C1)C2)C(=O)NC(N)=O. The van der Waals surface area contributed by atoms with Crippen molar-refractivity contribution in [3.8, 4) is 0 Å². The highest BCUT2D eigenvalue weighted by Crippen LogP contribution is 2.61. The quantitative estimate of drug-likeness (QED) is 0.601. The largest absolute Gasteiger partial charge is 0.451 e. The maximum Gasteiger partial charge on any atom is 0.326 e. The number of esters is 1. The third kappa shape index (κ3) is 4.34. The summed E-state index contributed by atoms with van der Waals surface area (Å²) in [6, 6.07) is -1.01. The fourth-order valence-electron chi connectivity index (χ4n) is 5.60. The zero-order valence-corrected chi connectivity index (χ0v) is 15.1. The fourth-order valence-corrected chi connectivity index (χ4v) is 5.60. The summed E-state index contributed by atoms with van der Waals surface area (Å²) in [6.07, 6.45) is 6.63. The molecule has 8 heteroatoms. The maximum absolute atomic E-state index is 12.3. The van der Waals surface area contributed by atoms with Gasteiger partial charge in [-0.1, -0.05) is 0 Å². The van der Waals surface area contributed by atoms with Gasteiger partial charge >= 0.3 is 12.0 Å². The fraction of sp³-hybridized carbons (Fsp3) is 0.778. The number of nitrogens with two attached hydrogens (primary N) is 1. The van der Waals surface area contributed by atoms with Gasteiger partial charge in [-0.2, -0.15) is 0 Å². The molecule has 4 rings (SSSR count). The minimum absolute atomic E-state index is 0.109. The molecule has 26 heavy (non-hydrogen) atoms. The number of rotatable bonds is 6. The van der Waals surface area contributed by atoms with E-state index in [1.165, 1.54) is 26.2 Å². The standard InChI is InChI=1S/C18H27N3O5/c1-10(16(24)21-17(19)25)26-15(23)9-20-14(22)8-18-5-11-2-12(6-18)4-13(3-11)7-18/h10-13H,2-9H2,1H3,(H,20,22)(H3,19,21,24,25)/t10-,11?,12?,13?,18?/m1/s1. The molecule has 0 saturated heterocycles. The second kappa shape index (κ2) is 7.25. The van der Waals surface area contributed by atoms with Crippen molar-refractivity contribution in [2.24, 2.45) is 28.9 Å². The van der Waals surface area contributed by atoms with Crippen molar-refractivity contribution < 1.29 is 23.9 Å². The number of nitrogens with one attached hydrogen (secondary N) is 2. The first-order valence-corrected chi connectivity index (χ1v) is 9.31. The van der Waals surface area contributed by atoms with Crippen molar-refractivity contribution in [3.63, 3.8) is 0 Å². The monoisotopic (exact) mass is 365 g/mol. The van der Waals surface area contributed by atoms with Gasteiger partial charge in [0.25, 0.3) is 5.91 Å². The van der Waals surface area contributed by atoms with Crippen molar-refractivity contribution in [1.29, 1.82) is 0 Å². The molecule has 1 atom stereocenters. The lowest BCUT2D eigenvalue weighted by molar-refractivity contribution is -0.154. The highest BCUT2D eigenvalue weighted by molar-refractivity contribution is 5.96. The summed E-state index contributed by atoms with van der Waals surface area (Å²) in [5, 5.41) is 4.44. The second-order valence-corrected chi connectivity index (χ2v) is 8.36. The van der Waals surface area contributed by atoms with Gasteiger partial charge in [0.05, 0.1) is 0 Å². The molecule has 0 aromatic carbocycles. The number of imide groups is 1. The van der Waals surface area contributed by atoms with Gasteiger partial charge in [0, 0.05) is 6.42 Å². The number of amides is 4. The lowest BCUT2D eigenvalue weighted by atomic mass is 9.49. The van der Waals surface area contributed by atoms with E-state index in [1.54, 1.807) is 0 Å². The Bertz CT molecular complexity index is 583. The van der Waals surface area contributed by atoms with Crippen molar-refractivity contribution in [2.45, 2.75) is 58.0 Å². The van der Waals surface area contributed by atoms with Crippen LogP contribution < -0.4 is 16.4 Å². The maximum atomic E-state index is 12.3. The first-order valence-electron chi connectivity index (χ1n) is 9.31. The molecule has 4 saturated carbocycles. The number of hydrogen-bond donors (Lipinski definition) is 3. The predicted molar refractivity (Wildman–Crippen MR) is 91.5 cm³/mol. The van der Waals surface area contributed by atoms with Crippen molar-refractivity contribution in [2.75, 3.05) is 6.54 Å². The van der Waals surface area contributed by atoms with Crippen LogP contribution in [0.3, 0.4) is 0 Å². The predicted octanol–water partition coefficient (Wildman–Crippen LogP) is 0.836. The molecule has 0 heterocycles. The molecule has 0 unspecified atom stereocenters. The number of ether oxygens (including phenoxy) is 1. The summed E-state index contributed by atoms with van der Waals surface area (Å²) in [6.45, 7) is 1.03. The molecule has 144 valence electrons. The number of carbonyl (C=O) groups excluding carboxylic acids is 4. The van der Waals surface area contributed by atoms with E-state index >= 15 is 0 Å². The Kier molecular flexibility index (Phi) is 5.20. The van der Waals surface area contributed by atoms with E-state index in [2.05, 4.69) is 5.32 Å². The molecular weight excluding hydrogens is 338 g/mol. The smallest absolute Gasteiger partial charge is 0.326 e. The van der Waals surface area contributed by atoms with Gasteiger partial charge in [0.1, 0.15) is 6.54 Å². The topological polar surface area (TPSA) is 128 Å². The van der Waals surface area contributed by atoms with Crippen LogP contribution in [-0.2, 0) is 19.1 Å². The van der Waals surface area contributed by atoms with E-state index < -0.39 is 24.0 Å². The molecule has 4 N–H and O–H groups in total. The minimum atomic E-state index is -1.16. The summed E-state index contributed by atoms with van der Waals surface area (Å²) in [4.78, 5) is 46.2. The lowest BCUT2D eigenvalue weighted by Crippen LogP contribution is -2.48. The first-order chi connectivity index (χ1) is 12.2. The van der Waals surface area contributed by atoms with E-state index in [4.69, 9.17) is 10.5 Å². The van der Waals surface area contributed by atoms with Gasteiger partial charge in [-0.25, -0.2) is 4.79 Å². The van der Waals surface area contributed by atoms with E-state index in [1.807, 2.05) is 5.32 Å². The van der Waals surface area contributed by atoms with Crippen LogP contribution in [0.25, 0.3) is 0 Å². The summed E-state index contributed by atoms with van der Waals surface area (Å²) < 4.78 is 4.88. The van der Waals surface area contributed by atoms with Gasteiger partial charge in [-0.05, 0) is 68.6 Å². The molecule has 4 bridgehead atoms. The van der Waals surface area contributed by atoms with Crippen LogP contribution in [0, 0.1) is 23.2 Å². The third-order valence-corrected chi connectivity index (χ3v) is 6.05. The van der Waals surface area contributed by atoms with E-state index in [-0.39, 0.29) is 17.9 Å². The molecule has 8 nitrogen and oxygen atoms in total. The second-order valence-electron chi connectivity index (χ2n) is 8.36. The molecule has 0 aromatic rings. The zero-order chi connectivity index (χ0) is 18.9. The van der Waals surface area contributed by atoms with Crippen molar-refractivity contribution >= 4 is 23.8 Å². The Morgan fingerprint density at radius 3 is 2.12 bits per heavy atom. The number of hydrogen-bond acceptors (Lipinski definition) is 5. The van der Waals surface area contributed by atoms with Crippen molar-refractivity contribution in [1.82, 2.24) is 10.6 Å². The average Bonchev–Trinajstić information content (AvgIpc) is 2.50. The molecule has 0 aromatic heterocycles. The highest BCUT2D eigenvalue weighted by atomic mass is 16.5. The van der Waals surface area contributed by atoms with Crippen LogP contribution in [0.1, 0.15) is 51.9 Å². The van der Waals surface area contributed by atoms with Gasteiger partial charge in [0.15, 0.2) is 6.10 Å². The van der Waals surface area contributed by atoms with Gasteiger partial charge in [-0.3, -0.25) is 19.7 Å². The Morgan fingerprint density at radius 1 is 1.08 bits per heavy atom. The molecule has 4 fully saturated rings. The van der Waals surface area contributed by atoms with Gasteiger partial charge < -0.3 is 15.8 Å². The van der Waals surface area contributed by atoms with E-state index in [0.29, 0.717) is 6.42 Å². The Balaban J connectivity index is 1.42. The van der Waals surface area contributed by atoms with Crippen LogP contribution in [0.4, 0.5) is 4.79 Å². The zero-order valence-electron chi connectivity index (χ0n) is 15.1. The highest BCUT2D eigenvalue weighted by Gasteiger charge is 2.51. The first kappa shape index (κ1) is 18.7. The normalized spacial score (nSPS) is 32.6. The van der Waals surface area contributed by atoms with Crippen LogP contribution in [0.2, 0.25) is 0 Å². The molecule has 4 aliphatic carbocycles. The Morgan fingerprint density at radius 2 is 1.62 bits per heavy atom. The number of carbonyl (C=O) groups is 4. The molecule has 0 aliphatic heterocycles. The Hall–Kier alpha value is -2.12. The Labute approximate surface area is 152 Å². The van der Waals surface area contributed by atoms with E-state index in [9.17, 15) is 19.2 Å². The van der Waals surface area contributed by atoms with Gasteiger partial charge in [-0.15, -0.1) is 0 Å². The summed E-state index contributed by atoms with van der Waals surface area (Å²) in [5.74, 6) is 0.635.